The van der Waals surface area contributed by atoms with Gasteiger partial charge in [-0.15, -0.1) is 0 Å². The summed E-state index contributed by atoms with van der Waals surface area (Å²) in [5, 5.41) is 0. The van der Waals surface area contributed by atoms with Gasteiger partial charge in [-0.3, -0.25) is 0 Å². The van der Waals surface area contributed by atoms with Crippen LogP contribution in [0.3, 0.4) is 0 Å². The van der Waals surface area contributed by atoms with Gasteiger partial charge in [0.15, 0.2) is 0 Å². The van der Waals surface area contributed by atoms with Gasteiger partial charge >= 0.3 is 0 Å². The van der Waals surface area contributed by atoms with Gasteiger partial charge in [-0.25, -0.2) is 0 Å². The molecule has 4 aromatic rings. The van der Waals surface area contributed by atoms with Crippen LogP contribution in [0.2, 0.25) is 13.1 Å². The van der Waals surface area contributed by atoms with E-state index in [1.165, 1.54) is 66.8 Å². The maximum Gasteiger partial charge on any atom is 0.0722 e. The summed E-state index contributed by atoms with van der Waals surface area (Å²) in [6, 6.07) is 30.0. The number of rotatable bonds is 4. The molecule has 0 saturated carbocycles. The van der Waals surface area contributed by atoms with Crippen LogP contribution in [0.15, 0.2) is 90.0 Å². The van der Waals surface area contributed by atoms with Gasteiger partial charge in [0.25, 0.3) is 0 Å². The van der Waals surface area contributed by atoms with Crippen molar-refractivity contribution in [1.82, 2.24) is 0 Å². The van der Waals surface area contributed by atoms with E-state index in [4.69, 9.17) is 0 Å². The second kappa shape index (κ2) is 10.6. The van der Waals surface area contributed by atoms with Gasteiger partial charge in [-0.1, -0.05) is 157 Å². The highest BCUT2D eigenvalue weighted by Crippen LogP contribution is 2.55. The van der Waals surface area contributed by atoms with Crippen LogP contribution < -0.4 is 0 Å². The topological polar surface area (TPSA) is 0 Å². The molecule has 0 aliphatic heterocycles. The first-order chi connectivity index (χ1) is 20.6. The Bertz CT molecular complexity index is 1800. The summed E-state index contributed by atoms with van der Waals surface area (Å²) < 4.78 is 0. The lowest BCUT2D eigenvalue weighted by Crippen LogP contribution is -2.42. The van der Waals surface area contributed by atoms with E-state index in [0.717, 1.165) is 0 Å². The molecule has 2 atom stereocenters. The Labute approximate surface area is 268 Å². The standard InChI is InChI=1S/C43H50Si/c1-27-24-35-33(30-20-22-32(23-21-30)42(4,5)6)18-15-19-34(35)40(27)44(10,11)41-28(2)25-36-37(41)26-38(43(7,8)9)29(3)39(36)31-16-13-12-14-17-31/h12-26,40-41H,1-11H3. The number of fused-ring (bicyclic) bond motifs is 2. The molecule has 0 nitrogen and oxygen atoms in total. The third-order valence-electron chi connectivity index (χ3n) is 10.5. The highest BCUT2D eigenvalue weighted by molar-refractivity contribution is 6.81. The molecule has 0 heterocycles. The van der Waals surface area contributed by atoms with Crippen LogP contribution in [0.1, 0.15) is 105 Å². The molecule has 0 fully saturated rings. The lowest BCUT2D eigenvalue weighted by molar-refractivity contribution is 0.585. The zero-order valence-corrected chi connectivity index (χ0v) is 29.8. The van der Waals surface area contributed by atoms with Gasteiger partial charge < -0.3 is 0 Å². The number of hydrogen-bond acceptors (Lipinski definition) is 0. The van der Waals surface area contributed by atoms with E-state index < -0.39 is 8.07 Å². The molecule has 2 unspecified atom stereocenters. The van der Waals surface area contributed by atoms with Crippen molar-refractivity contribution in [2.75, 3.05) is 0 Å². The van der Waals surface area contributed by atoms with Crippen molar-refractivity contribution in [3.8, 4) is 22.3 Å². The van der Waals surface area contributed by atoms with E-state index in [2.05, 4.69) is 166 Å². The van der Waals surface area contributed by atoms with Crippen molar-refractivity contribution in [2.24, 2.45) is 0 Å². The van der Waals surface area contributed by atoms with Crippen LogP contribution in [0.25, 0.3) is 34.4 Å². The molecule has 2 aliphatic carbocycles. The first-order valence-corrected chi connectivity index (χ1v) is 19.6. The van der Waals surface area contributed by atoms with Gasteiger partial charge in [0.05, 0.1) is 8.07 Å². The first kappa shape index (κ1) is 30.6. The maximum atomic E-state index is 2.66. The van der Waals surface area contributed by atoms with Crippen LogP contribution in [0.5, 0.6) is 0 Å². The molecule has 4 aromatic carbocycles. The average Bonchev–Trinajstić information content (AvgIpc) is 3.48. The fraction of sp³-hybridized carbons (Fsp3) is 0.349. The molecule has 226 valence electrons. The summed E-state index contributed by atoms with van der Waals surface area (Å²) in [4.78, 5) is 0. The Kier molecular flexibility index (Phi) is 7.36. The smallest absolute Gasteiger partial charge is 0.0679 e. The third kappa shape index (κ3) is 4.98. The Morgan fingerprint density at radius 2 is 1.16 bits per heavy atom. The van der Waals surface area contributed by atoms with Gasteiger partial charge in [0.1, 0.15) is 0 Å². The molecule has 0 amide bonds. The fourth-order valence-corrected chi connectivity index (χ4v) is 13.6. The van der Waals surface area contributed by atoms with E-state index in [-0.39, 0.29) is 10.8 Å². The molecule has 6 rings (SSSR count). The fourth-order valence-electron chi connectivity index (χ4n) is 8.62. The number of hydrogen-bond donors (Lipinski definition) is 0. The van der Waals surface area contributed by atoms with Crippen LogP contribution in [-0.4, -0.2) is 8.07 Å². The van der Waals surface area contributed by atoms with E-state index in [0.29, 0.717) is 11.1 Å². The van der Waals surface area contributed by atoms with E-state index in [9.17, 15) is 0 Å². The summed E-state index contributed by atoms with van der Waals surface area (Å²) in [5.74, 6) is 0. The van der Waals surface area contributed by atoms with Crippen molar-refractivity contribution >= 4 is 20.2 Å². The minimum absolute atomic E-state index is 0.0720. The van der Waals surface area contributed by atoms with E-state index >= 15 is 0 Å². The van der Waals surface area contributed by atoms with Gasteiger partial charge in [-0.2, -0.15) is 0 Å². The molecular formula is C43H50Si. The molecule has 2 aliphatic rings. The van der Waals surface area contributed by atoms with Crippen molar-refractivity contribution in [1.29, 1.82) is 0 Å². The molecule has 1 heteroatoms. The second-order valence-electron chi connectivity index (χ2n) is 16.1. The predicted octanol–water partition coefficient (Wildman–Crippen LogP) is 12.4. The minimum Gasteiger partial charge on any atom is -0.0679 e. The summed E-state index contributed by atoms with van der Waals surface area (Å²) in [6.07, 6.45) is 5.06. The summed E-state index contributed by atoms with van der Waals surface area (Å²) in [7, 11) is -1.98. The van der Waals surface area contributed by atoms with Crippen LogP contribution >= 0.6 is 0 Å². The van der Waals surface area contributed by atoms with Crippen molar-refractivity contribution < 1.29 is 0 Å². The molecular weight excluding hydrogens is 545 g/mol. The lowest BCUT2D eigenvalue weighted by atomic mass is 9.78. The van der Waals surface area contributed by atoms with Crippen molar-refractivity contribution in [3.05, 3.63) is 129 Å². The molecule has 0 aromatic heterocycles. The Hall–Kier alpha value is -3.42. The Balaban J connectivity index is 1.48. The first-order valence-electron chi connectivity index (χ1n) is 16.4. The number of allylic oxidation sites excluding steroid dienone is 2. The quantitative estimate of drug-likeness (QED) is 0.206. The number of benzene rings is 4. The lowest BCUT2D eigenvalue weighted by Gasteiger charge is -2.40. The van der Waals surface area contributed by atoms with E-state index in [1.54, 1.807) is 5.56 Å². The molecule has 0 N–H and O–H groups in total. The van der Waals surface area contributed by atoms with Crippen LogP contribution in [0, 0.1) is 6.92 Å². The summed E-state index contributed by atoms with van der Waals surface area (Å²) in [6.45, 7) is 26.5. The maximum absolute atomic E-state index is 2.66. The summed E-state index contributed by atoms with van der Waals surface area (Å²) in [5.41, 5.74) is 20.0. The van der Waals surface area contributed by atoms with E-state index in [1.807, 2.05) is 0 Å². The minimum atomic E-state index is -1.98. The van der Waals surface area contributed by atoms with Gasteiger partial charge in [0, 0.05) is 11.1 Å². The van der Waals surface area contributed by atoms with Crippen LogP contribution in [0.4, 0.5) is 0 Å². The molecule has 0 radical (unpaired) electrons. The normalized spacial score (nSPS) is 18.2. The monoisotopic (exact) mass is 594 g/mol. The largest absolute Gasteiger partial charge is 0.0722 e. The predicted molar refractivity (Wildman–Crippen MR) is 196 cm³/mol. The molecule has 0 bridgehead atoms. The summed E-state index contributed by atoms with van der Waals surface area (Å²) >= 11 is 0. The SMILES string of the molecule is CC1=Cc2c(-c3ccc(C(C)(C)C)cc3)cccc2C1[Si](C)(C)C1C(C)=Cc2c1cc(C(C)(C)C)c(C)c2-c1ccccc1. The van der Waals surface area contributed by atoms with Crippen molar-refractivity contribution in [3.63, 3.8) is 0 Å². The average molecular weight is 595 g/mol. The zero-order valence-electron chi connectivity index (χ0n) is 28.8. The zero-order chi connectivity index (χ0) is 31.8. The van der Waals surface area contributed by atoms with Crippen LogP contribution in [-0.2, 0) is 10.8 Å². The molecule has 44 heavy (non-hydrogen) atoms. The second-order valence-corrected chi connectivity index (χ2v) is 20.9. The van der Waals surface area contributed by atoms with Gasteiger partial charge in [-0.05, 0) is 92.8 Å². The van der Waals surface area contributed by atoms with Gasteiger partial charge in [0.2, 0.25) is 0 Å². The molecule has 0 saturated heterocycles. The van der Waals surface area contributed by atoms with Crippen molar-refractivity contribution in [2.45, 2.75) is 97.3 Å². The third-order valence-corrected chi connectivity index (χ3v) is 15.0. The highest BCUT2D eigenvalue weighted by atomic mass is 28.3. The molecule has 0 spiro atoms. The highest BCUT2D eigenvalue weighted by Gasteiger charge is 2.47. The Morgan fingerprint density at radius 1 is 0.568 bits per heavy atom. The Morgan fingerprint density at radius 3 is 1.75 bits per heavy atom.